The zero-order valence-corrected chi connectivity index (χ0v) is 22.6. The van der Waals surface area contributed by atoms with E-state index in [0.717, 1.165) is 16.7 Å². The summed E-state index contributed by atoms with van der Waals surface area (Å²) >= 11 is 1.50. The number of nitrogens with zero attached hydrogens (tertiary/aromatic N) is 3. The first-order valence-electron chi connectivity index (χ1n) is 12.5. The second-order valence-corrected chi connectivity index (χ2v) is 10.7. The van der Waals surface area contributed by atoms with Crippen LogP contribution in [0.5, 0.6) is 28.7 Å². The molecule has 0 radical (unpaired) electrons. The van der Waals surface area contributed by atoms with Gasteiger partial charge in [0.2, 0.25) is 18.5 Å². The van der Waals surface area contributed by atoms with Crippen LogP contribution in [0.2, 0.25) is 0 Å². The number of carbonyl (C=O) groups is 1. The van der Waals surface area contributed by atoms with Crippen molar-refractivity contribution in [1.29, 1.82) is 0 Å². The van der Waals surface area contributed by atoms with Gasteiger partial charge in [-0.1, -0.05) is 11.8 Å². The van der Waals surface area contributed by atoms with Crippen molar-refractivity contribution in [2.24, 2.45) is 11.8 Å². The normalized spacial score (nSPS) is 22.5. The van der Waals surface area contributed by atoms with Crippen molar-refractivity contribution in [2.75, 3.05) is 40.5 Å². The molecule has 40 heavy (non-hydrogen) atoms. The number of nitrogen functional groups attached to an aromatic ring is 1. The number of methoxy groups -OCH3 is 3. The third-order valence-corrected chi connectivity index (χ3v) is 9.05. The van der Waals surface area contributed by atoms with Gasteiger partial charge in [-0.15, -0.1) is 0 Å². The molecule has 2 aliphatic heterocycles. The molecule has 1 saturated heterocycles. The van der Waals surface area contributed by atoms with Gasteiger partial charge in [-0.2, -0.15) is 4.98 Å². The first kappa shape index (κ1) is 24.6. The molecule has 0 amide bonds. The number of rotatable bonds is 6. The number of nitrogens with one attached hydrogen (secondary N) is 1. The number of cyclic esters (lactones) is 1. The van der Waals surface area contributed by atoms with Crippen LogP contribution >= 0.6 is 11.8 Å². The van der Waals surface area contributed by atoms with E-state index >= 15 is 0 Å². The number of benzene rings is 2. The molecule has 0 spiro atoms. The van der Waals surface area contributed by atoms with Crippen LogP contribution < -0.4 is 29.4 Å². The third kappa shape index (κ3) is 3.68. The molecule has 4 aromatic rings. The number of fused-ring (bicyclic) bond motifs is 4. The molecule has 12 nitrogen and oxygen atoms in total. The molecule has 4 heterocycles. The molecule has 13 heteroatoms. The Morgan fingerprint density at radius 3 is 2.40 bits per heavy atom. The van der Waals surface area contributed by atoms with Gasteiger partial charge >= 0.3 is 5.97 Å². The molecule has 1 fully saturated rings. The van der Waals surface area contributed by atoms with Crippen molar-refractivity contribution < 1.29 is 33.2 Å². The van der Waals surface area contributed by atoms with E-state index in [1.807, 2.05) is 24.3 Å². The van der Waals surface area contributed by atoms with Gasteiger partial charge in [-0.05, 0) is 41.0 Å². The topological polar surface area (TPSA) is 153 Å². The fraction of sp³-hybridized carbons (Fsp3) is 0.333. The average Bonchev–Trinajstić information content (AvgIpc) is 3.71. The van der Waals surface area contributed by atoms with Gasteiger partial charge in [0, 0.05) is 17.1 Å². The van der Waals surface area contributed by atoms with Crippen molar-refractivity contribution in [3.63, 3.8) is 0 Å². The van der Waals surface area contributed by atoms with Gasteiger partial charge in [0.25, 0.3) is 0 Å². The van der Waals surface area contributed by atoms with Crippen LogP contribution in [-0.2, 0) is 9.53 Å². The lowest BCUT2D eigenvalue weighted by Gasteiger charge is -2.38. The molecule has 3 N–H and O–H groups in total. The van der Waals surface area contributed by atoms with Crippen LogP contribution in [0.15, 0.2) is 35.6 Å². The Bertz CT molecular complexity index is 1640. The monoisotopic (exact) mass is 563 g/mol. The summed E-state index contributed by atoms with van der Waals surface area (Å²) in [5.41, 5.74) is 9.90. The smallest absolute Gasteiger partial charge is 0.310 e. The maximum absolute atomic E-state index is 13.5. The predicted molar refractivity (Wildman–Crippen MR) is 143 cm³/mol. The maximum Gasteiger partial charge on any atom is 0.310 e. The number of hydrogen-bond acceptors (Lipinski definition) is 12. The summed E-state index contributed by atoms with van der Waals surface area (Å²) in [6.45, 7) is 0.375. The minimum absolute atomic E-state index is 0.120. The van der Waals surface area contributed by atoms with Crippen LogP contribution in [0.25, 0.3) is 11.2 Å². The Morgan fingerprint density at radius 2 is 1.70 bits per heavy atom. The van der Waals surface area contributed by atoms with E-state index < -0.39 is 5.92 Å². The van der Waals surface area contributed by atoms with Crippen LogP contribution in [0.1, 0.15) is 27.9 Å². The van der Waals surface area contributed by atoms with E-state index in [2.05, 4.69) is 19.9 Å². The van der Waals surface area contributed by atoms with Crippen molar-refractivity contribution in [3.8, 4) is 28.7 Å². The molecule has 3 aliphatic rings. The third-order valence-electron chi connectivity index (χ3n) is 7.67. The van der Waals surface area contributed by atoms with E-state index in [1.54, 1.807) is 27.7 Å². The largest absolute Gasteiger partial charge is 0.493 e. The van der Waals surface area contributed by atoms with Crippen LogP contribution in [0, 0.1) is 11.8 Å². The molecule has 4 atom stereocenters. The summed E-state index contributed by atoms with van der Waals surface area (Å²) in [5, 5.41) is 0.415. The van der Waals surface area contributed by atoms with Crippen molar-refractivity contribution in [1.82, 2.24) is 19.9 Å². The zero-order chi connectivity index (χ0) is 27.5. The number of hydrogen-bond donors (Lipinski definition) is 2. The summed E-state index contributed by atoms with van der Waals surface area (Å²) in [7, 11) is 4.69. The highest BCUT2D eigenvalue weighted by Crippen LogP contribution is 2.60. The SMILES string of the molecule is COc1cc([C@@H]2c3cc4c(cc3[C@@H](Sc3nc(N)nc5nc[nH]c35)[C@H]3COC(=O)[C@H]23)OCO4)cc(OC)c1OC. The van der Waals surface area contributed by atoms with Gasteiger partial charge in [-0.25, -0.2) is 9.97 Å². The van der Waals surface area contributed by atoms with Crippen molar-refractivity contribution in [3.05, 3.63) is 47.3 Å². The summed E-state index contributed by atoms with van der Waals surface area (Å²) in [6, 6.07) is 7.72. The number of anilines is 1. The second kappa shape index (κ2) is 9.37. The Hall–Kier alpha value is -4.39. The number of H-pyrrole nitrogens is 1. The highest BCUT2D eigenvalue weighted by molar-refractivity contribution is 7.99. The maximum atomic E-state index is 13.5. The lowest BCUT2D eigenvalue weighted by atomic mass is 9.67. The average molecular weight is 564 g/mol. The number of thioether (sulfide) groups is 1. The molecule has 0 unspecified atom stereocenters. The molecule has 2 aromatic heterocycles. The molecule has 1 aliphatic carbocycles. The van der Waals surface area contributed by atoms with Gasteiger partial charge in [0.05, 0.1) is 40.2 Å². The van der Waals surface area contributed by atoms with Crippen molar-refractivity contribution >= 4 is 34.8 Å². The lowest BCUT2D eigenvalue weighted by molar-refractivity contribution is -0.141. The Kier molecular flexibility index (Phi) is 5.77. The standard InChI is InChI=1S/C27H25N5O7S/c1-34-17-4-11(5-18(35-2)22(17)36-3)19-12-6-15-16(39-10-38-15)7-13(12)23(14-8-37-26(33)20(14)19)40-25-21-24(30-9-29-21)31-27(28)32-25/h4-7,9,14,19-20,23H,8,10H2,1-3H3,(H3,28,29,30,31,32)/t14-,19+,20-,23+/m0/s1. The molecular weight excluding hydrogens is 538 g/mol. The first-order valence-corrected chi connectivity index (χ1v) is 13.4. The van der Waals surface area contributed by atoms with E-state index in [9.17, 15) is 4.79 Å². The van der Waals surface area contributed by atoms with Gasteiger partial charge in [0.15, 0.2) is 28.6 Å². The highest BCUT2D eigenvalue weighted by atomic mass is 32.2. The number of nitrogens with two attached hydrogens (primary N) is 1. The van der Waals surface area contributed by atoms with Crippen molar-refractivity contribution in [2.45, 2.75) is 16.2 Å². The molecule has 206 valence electrons. The second-order valence-electron chi connectivity index (χ2n) is 9.62. The number of imidazole rings is 1. The number of esters is 1. The highest BCUT2D eigenvalue weighted by Gasteiger charge is 2.53. The van der Waals surface area contributed by atoms with E-state index in [-0.39, 0.29) is 42.4 Å². The molecule has 0 bridgehead atoms. The Balaban J connectivity index is 1.43. The van der Waals surface area contributed by atoms with Crippen LogP contribution in [-0.4, -0.2) is 60.6 Å². The van der Waals surface area contributed by atoms with E-state index in [1.165, 1.54) is 11.8 Å². The summed E-state index contributed by atoms with van der Waals surface area (Å²) in [6.07, 6.45) is 1.56. The Morgan fingerprint density at radius 1 is 0.975 bits per heavy atom. The minimum atomic E-state index is -0.496. The lowest BCUT2D eigenvalue weighted by Crippen LogP contribution is -2.33. The van der Waals surface area contributed by atoms with E-state index in [4.69, 9.17) is 34.2 Å². The number of ether oxygens (including phenoxy) is 6. The fourth-order valence-electron chi connectivity index (χ4n) is 5.97. The fourth-order valence-corrected chi connectivity index (χ4v) is 7.38. The van der Waals surface area contributed by atoms with Gasteiger partial charge < -0.3 is 39.1 Å². The number of carbonyl (C=O) groups excluding carboxylic acids is 1. The number of aromatic amines is 1. The zero-order valence-electron chi connectivity index (χ0n) is 21.8. The van der Waals surface area contributed by atoms with Gasteiger partial charge in [-0.3, -0.25) is 4.79 Å². The minimum Gasteiger partial charge on any atom is -0.493 e. The van der Waals surface area contributed by atoms with Crippen LogP contribution in [0.3, 0.4) is 0 Å². The Labute approximate surface area is 232 Å². The molecule has 0 saturated carbocycles. The molecule has 2 aromatic carbocycles. The van der Waals surface area contributed by atoms with Crippen LogP contribution in [0.4, 0.5) is 5.95 Å². The summed E-state index contributed by atoms with van der Waals surface area (Å²) in [5.74, 6) is 1.51. The quantitative estimate of drug-likeness (QED) is 0.261. The molecule has 7 rings (SSSR count). The summed E-state index contributed by atoms with van der Waals surface area (Å²) in [4.78, 5) is 29.6. The molecular formula is C27H25N5O7S. The first-order chi connectivity index (χ1) is 19.5. The van der Waals surface area contributed by atoms with Gasteiger partial charge in [0.1, 0.15) is 10.5 Å². The predicted octanol–water partition coefficient (Wildman–Crippen LogP) is 3.46. The van der Waals surface area contributed by atoms with E-state index in [0.29, 0.717) is 44.9 Å². The summed E-state index contributed by atoms with van der Waals surface area (Å²) < 4.78 is 34.1. The number of aromatic nitrogens is 4.